The van der Waals surface area contributed by atoms with Crippen LogP contribution in [0.15, 0.2) is 57.7 Å². The zero-order chi connectivity index (χ0) is 22.3. The van der Waals surface area contributed by atoms with Crippen LogP contribution in [0.25, 0.3) is 5.57 Å². The van der Waals surface area contributed by atoms with E-state index in [1.807, 2.05) is 6.21 Å². The largest absolute Gasteiger partial charge is 0.356 e. The molecule has 2 aliphatic heterocycles. The SMILES string of the molecule is CC(=O)NCCc1ccccc1C1=CC(Cl)=C([C@H]2CNCC[C@@H]2CC2=CN=CCC2)CC1. The average molecular weight is 452 g/mol. The van der Waals surface area contributed by atoms with E-state index < -0.39 is 0 Å². The zero-order valence-corrected chi connectivity index (χ0v) is 19.8. The van der Waals surface area contributed by atoms with Gasteiger partial charge in [-0.05, 0) is 91.7 Å². The second-order valence-electron chi connectivity index (χ2n) is 9.15. The van der Waals surface area contributed by atoms with Crippen LogP contribution in [-0.4, -0.2) is 31.8 Å². The summed E-state index contributed by atoms with van der Waals surface area (Å²) in [5.41, 5.74) is 6.74. The van der Waals surface area contributed by atoms with E-state index in [1.165, 1.54) is 34.3 Å². The summed E-state index contributed by atoms with van der Waals surface area (Å²) < 4.78 is 0. The fourth-order valence-corrected chi connectivity index (χ4v) is 5.68. The second-order valence-corrected chi connectivity index (χ2v) is 9.56. The molecule has 4 nitrogen and oxygen atoms in total. The molecule has 32 heavy (non-hydrogen) atoms. The molecule has 1 fully saturated rings. The molecular formula is C27H34ClN3O. The predicted octanol–water partition coefficient (Wildman–Crippen LogP) is 5.40. The average Bonchev–Trinajstić information content (AvgIpc) is 2.80. The van der Waals surface area contributed by atoms with E-state index in [0.717, 1.165) is 56.6 Å². The fourth-order valence-electron chi connectivity index (χ4n) is 5.31. The Kier molecular flexibility index (Phi) is 7.99. The van der Waals surface area contributed by atoms with Gasteiger partial charge in [0, 0.05) is 37.5 Å². The normalized spacial score (nSPS) is 23.6. The van der Waals surface area contributed by atoms with E-state index in [9.17, 15) is 4.79 Å². The van der Waals surface area contributed by atoms with E-state index >= 15 is 0 Å². The Morgan fingerprint density at radius 2 is 2.12 bits per heavy atom. The van der Waals surface area contributed by atoms with Crippen LogP contribution in [0.1, 0.15) is 56.6 Å². The molecule has 1 aromatic rings. The summed E-state index contributed by atoms with van der Waals surface area (Å²) in [6, 6.07) is 8.51. The molecule has 0 spiro atoms. The fraction of sp³-hybridized carbons (Fsp3) is 0.481. The molecule has 2 N–H and O–H groups in total. The topological polar surface area (TPSA) is 53.5 Å². The van der Waals surface area contributed by atoms with E-state index in [4.69, 9.17) is 11.6 Å². The van der Waals surface area contributed by atoms with Crippen LogP contribution in [0.4, 0.5) is 0 Å². The van der Waals surface area contributed by atoms with Gasteiger partial charge in [-0.25, -0.2) is 0 Å². The maximum absolute atomic E-state index is 11.2. The molecule has 4 rings (SSSR count). The van der Waals surface area contributed by atoms with Crippen molar-refractivity contribution >= 4 is 29.3 Å². The van der Waals surface area contributed by atoms with Crippen molar-refractivity contribution in [2.45, 2.75) is 51.9 Å². The summed E-state index contributed by atoms with van der Waals surface area (Å²) in [6.45, 7) is 4.32. The zero-order valence-electron chi connectivity index (χ0n) is 19.0. The molecule has 1 aliphatic carbocycles. The van der Waals surface area contributed by atoms with Gasteiger partial charge in [-0.15, -0.1) is 0 Å². The van der Waals surface area contributed by atoms with Crippen molar-refractivity contribution in [3.63, 3.8) is 0 Å². The number of benzene rings is 1. The van der Waals surface area contributed by atoms with Crippen LogP contribution >= 0.6 is 11.6 Å². The van der Waals surface area contributed by atoms with Crippen molar-refractivity contribution in [2.24, 2.45) is 16.8 Å². The summed E-state index contributed by atoms with van der Waals surface area (Å²) in [4.78, 5) is 15.6. The van der Waals surface area contributed by atoms with Crippen LogP contribution in [0, 0.1) is 11.8 Å². The van der Waals surface area contributed by atoms with E-state index in [0.29, 0.717) is 18.4 Å². The van der Waals surface area contributed by atoms with Gasteiger partial charge in [0.2, 0.25) is 5.91 Å². The number of nitrogens with one attached hydrogen (secondary N) is 2. The number of amides is 1. The van der Waals surface area contributed by atoms with Gasteiger partial charge < -0.3 is 10.6 Å². The number of rotatable bonds is 7. The Balaban J connectivity index is 1.52. The Hall–Kier alpha value is -2.17. The first-order valence-electron chi connectivity index (χ1n) is 11.9. The highest BCUT2D eigenvalue weighted by atomic mass is 35.5. The summed E-state index contributed by atoms with van der Waals surface area (Å²) in [5.74, 6) is 1.15. The first-order valence-corrected chi connectivity index (χ1v) is 12.3. The molecular weight excluding hydrogens is 418 g/mol. The standard InChI is InChI=1S/C27H34ClN3O/c1-19(32)31-14-11-21-6-2-3-7-24(21)22-8-9-25(27(28)16-22)26-18-30-13-10-23(26)15-20-5-4-12-29-17-20/h2-3,6-7,12,16-17,23,26,30H,4-5,8-11,13-15,18H2,1H3,(H,31,32)/t23-,26+/m1/s1. The molecule has 1 aromatic carbocycles. The van der Waals surface area contributed by atoms with Crippen LogP contribution in [0.3, 0.4) is 0 Å². The Morgan fingerprint density at radius 1 is 1.25 bits per heavy atom. The number of nitrogens with zero attached hydrogens (tertiary/aromatic N) is 1. The molecule has 0 unspecified atom stereocenters. The monoisotopic (exact) mass is 451 g/mol. The Morgan fingerprint density at radius 3 is 2.91 bits per heavy atom. The second kappa shape index (κ2) is 11.1. The number of allylic oxidation sites excluding steroid dienone is 4. The lowest BCUT2D eigenvalue weighted by Crippen LogP contribution is -2.38. The number of hydrogen-bond donors (Lipinski definition) is 2. The molecule has 170 valence electrons. The molecule has 0 aromatic heterocycles. The van der Waals surface area contributed by atoms with Gasteiger partial charge in [0.05, 0.1) is 0 Å². The third-order valence-corrected chi connectivity index (χ3v) is 7.31. The number of halogens is 1. The highest BCUT2D eigenvalue weighted by molar-refractivity contribution is 6.32. The summed E-state index contributed by atoms with van der Waals surface area (Å²) in [6.07, 6.45) is 13.7. The first-order chi connectivity index (χ1) is 15.6. The maximum Gasteiger partial charge on any atom is 0.216 e. The lowest BCUT2D eigenvalue weighted by atomic mass is 9.74. The summed E-state index contributed by atoms with van der Waals surface area (Å²) >= 11 is 6.95. The summed E-state index contributed by atoms with van der Waals surface area (Å²) in [7, 11) is 0. The minimum atomic E-state index is 0.0152. The van der Waals surface area contributed by atoms with E-state index in [2.05, 4.69) is 52.2 Å². The lowest BCUT2D eigenvalue weighted by Gasteiger charge is -2.36. The van der Waals surface area contributed by atoms with Crippen LogP contribution < -0.4 is 10.6 Å². The Labute approximate surface area is 196 Å². The molecule has 0 radical (unpaired) electrons. The maximum atomic E-state index is 11.2. The van der Waals surface area contributed by atoms with Gasteiger partial charge in [0.1, 0.15) is 0 Å². The van der Waals surface area contributed by atoms with Gasteiger partial charge in [0.15, 0.2) is 0 Å². The van der Waals surface area contributed by atoms with E-state index in [1.54, 1.807) is 6.92 Å². The molecule has 0 bridgehead atoms. The van der Waals surface area contributed by atoms with Gasteiger partial charge in [-0.3, -0.25) is 9.79 Å². The summed E-state index contributed by atoms with van der Waals surface area (Å²) in [5, 5.41) is 7.44. The third kappa shape index (κ3) is 5.79. The van der Waals surface area contributed by atoms with Gasteiger partial charge >= 0.3 is 0 Å². The van der Waals surface area contributed by atoms with Crippen LogP contribution in [0.2, 0.25) is 0 Å². The van der Waals surface area contributed by atoms with Crippen molar-refractivity contribution < 1.29 is 4.79 Å². The first kappa shape index (κ1) is 23.0. The van der Waals surface area contributed by atoms with Crippen molar-refractivity contribution in [1.29, 1.82) is 0 Å². The van der Waals surface area contributed by atoms with E-state index in [-0.39, 0.29) is 5.91 Å². The molecule has 3 aliphatic rings. The molecule has 0 saturated carbocycles. The highest BCUT2D eigenvalue weighted by Crippen LogP contribution is 2.42. The van der Waals surface area contributed by atoms with Crippen molar-refractivity contribution in [3.8, 4) is 0 Å². The molecule has 2 heterocycles. The van der Waals surface area contributed by atoms with Gasteiger partial charge in [-0.2, -0.15) is 0 Å². The quantitative estimate of drug-likeness (QED) is 0.583. The Bertz CT molecular complexity index is 959. The minimum absolute atomic E-state index is 0.0152. The molecule has 5 heteroatoms. The van der Waals surface area contributed by atoms with Crippen molar-refractivity contribution in [3.05, 3.63) is 63.8 Å². The molecule has 1 saturated heterocycles. The van der Waals surface area contributed by atoms with Crippen molar-refractivity contribution in [1.82, 2.24) is 10.6 Å². The number of aliphatic imine (C=N–C) groups is 1. The van der Waals surface area contributed by atoms with Crippen LogP contribution in [-0.2, 0) is 11.2 Å². The van der Waals surface area contributed by atoms with Gasteiger partial charge in [0.25, 0.3) is 0 Å². The third-order valence-electron chi connectivity index (χ3n) is 6.96. The number of piperidine rings is 1. The number of carbonyl (C=O) groups excluding carboxylic acids is 1. The van der Waals surface area contributed by atoms with Gasteiger partial charge in [-0.1, -0.05) is 41.4 Å². The minimum Gasteiger partial charge on any atom is -0.356 e. The van der Waals surface area contributed by atoms with Crippen LogP contribution in [0.5, 0.6) is 0 Å². The highest BCUT2D eigenvalue weighted by Gasteiger charge is 2.31. The predicted molar refractivity (Wildman–Crippen MR) is 134 cm³/mol. The molecule has 2 atom stereocenters. The number of carbonyl (C=O) groups is 1. The lowest BCUT2D eigenvalue weighted by molar-refractivity contribution is -0.118. The van der Waals surface area contributed by atoms with Crippen molar-refractivity contribution in [2.75, 3.05) is 19.6 Å². The molecule has 1 amide bonds. The number of hydrogen-bond acceptors (Lipinski definition) is 3. The smallest absolute Gasteiger partial charge is 0.216 e.